The second-order valence-corrected chi connectivity index (χ2v) is 5.20. The Bertz CT molecular complexity index is 671. The minimum atomic E-state index is -0.0968. The third-order valence-corrected chi connectivity index (χ3v) is 3.46. The van der Waals surface area contributed by atoms with Crippen LogP contribution in [0.2, 0.25) is 0 Å². The predicted molar refractivity (Wildman–Crippen MR) is 89.4 cm³/mol. The number of hydrogen-bond acceptors (Lipinski definition) is 1. The molecule has 0 atom stereocenters. The number of benzene rings is 2. The molecular formula is C19H21NO. The zero-order valence-electron chi connectivity index (χ0n) is 12.8. The molecule has 0 saturated heterocycles. The topological polar surface area (TPSA) is 29.1 Å². The molecule has 21 heavy (non-hydrogen) atoms. The van der Waals surface area contributed by atoms with E-state index in [2.05, 4.69) is 18.3 Å². The molecule has 0 bridgehead atoms. The molecule has 0 radical (unpaired) electrons. The lowest BCUT2D eigenvalue weighted by atomic mass is 10.1. The maximum atomic E-state index is 12.1. The molecule has 108 valence electrons. The predicted octanol–water partition coefficient (Wildman–Crippen LogP) is 4.52. The first-order valence-corrected chi connectivity index (χ1v) is 7.24. The number of aryl methyl sites for hydroxylation is 3. The Hall–Kier alpha value is -2.35. The second kappa shape index (κ2) is 6.89. The van der Waals surface area contributed by atoms with Crippen molar-refractivity contribution in [1.29, 1.82) is 0 Å². The van der Waals surface area contributed by atoms with Crippen LogP contribution >= 0.6 is 0 Å². The van der Waals surface area contributed by atoms with Crippen molar-refractivity contribution >= 4 is 17.7 Å². The molecule has 2 aromatic rings. The van der Waals surface area contributed by atoms with E-state index in [9.17, 15) is 4.79 Å². The highest BCUT2D eigenvalue weighted by molar-refractivity contribution is 6.02. The van der Waals surface area contributed by atoms with Gasteiger partial charge in [0.25, 0.3) is 0 Å². The summed E-state index contributed by atoms with van der Waals surface area (Å²) in [5.74, 6) is -0.0968. The molecule has 2 heteroatoms. The first kappa shape index (κ1) is 15.0. The minimum absolute atomic E-state index is 0.0968. The zero-order chi connectivity index (χ0) is 15.2. The van der Waals surface area contributed by atoms with Crippen LogP contribution < -0.4 is 5.32 Å². The van der Waals surface area contributed by atoms with E-state index in [1.807, 2.05) is 56.3 Å². The van der Waals surface area contributed by atoms with Crippen LogP contribution in [0.4, 0.5) is 5.69 Å². The summed E-state index contributed by atoms with van der Waals surface area (Å²) in [6, 6.07) is 14.1. The maximum absolute atomic E-state index is 12.1. The van der Waals surface area contributed by atoms with Crippen molar-refractivity contribution < 1.29 is 4.79 Å². The summed E-state index contributed by atoms with van der Waals surface area (Å²) in [5.41, 5.74) is 5.40. The van der Waals surface area contributed by atoms with Gasteiger partial charge in [0.15, 0.2) is 0 Å². The molecule has 0 heterocycles. The Labute approximate surface area is 126 Å². The number of nitrogens with one attached hydrogen (secondary N) is 1. The summed E-state index contributed by atoms with van der Waals surface area (Å²) in [5, 5.41) is 2.99. The molecule has 1 N–H and O–H groups in total. The van der Waals surface area contributed by atoms with Gasteiger partial charge in [0, 0.05) is 11.8 Å². The molecule has 2 rings (SSSR count). The van der Waals surface area contributed by atoms with Gasteiger partial charge in [-0.2, -0.15) is 0 Å². The largest absolute Gasteiger partial charge is 0.322 e. The van der Waals surface area contributed by atoms with Gasteiger partial charge < -0.3 is 5.32 Å². The minimum Gasteiger partial charge on any atom is -0.322 e. The lowest BCUT2D eigenvalue weighted by Crippen LogP contribution is -2.11. The van der Waals surface area contributed by atoms with E-state index >= 15 is 0 Å². The molecule has 0 aliphatic heterocycles. The Balaban J connectivity index is 2.12. The van der Waals surface area contributed by atoms with Crippen molar-refractivity contribution in [1.82, 2.24) is 0 Å². The van der Waals surface area contributed by atoms with Crippen molar-refractivity contribution in [3.8, 4) is 0 Å². The van der Waals surface area contributed by atoms with Crippen LogP contribution in [0, 0.1) is 13.8 Å². The molecular weight excluding hydrogens is 258 g/mol. The van der Waals surface area contributed by atoms with Crippen LogP contribution in [-0.2, 0) is 11.2 Å². The van der Waals surface area contributed by atoms with E-state index in [0.29, 0.717) is 0 Å². The molecule has 0 saturated carbocycles. The van der Waals surface area contributed by atoms with Gasteiger partial charge in [-0.15, -0.1) is 0 Å². The highest BCUT2D eigenvalue weighted by Gasteiger charge is 2.06. The first-order valence-electron chi connectivity index (χ1n) is 7.24. The van der Waals surface area contributed by atoms with Gasteiger partial charge in [0.2, 0.25) is 5.91 Å². The highest BCUT2D eigenvalue weighted by Crippen LogP contribution is 2.21. The maximum Gasteiger partial charge on any atom is 0.248 e. The summed E-state index contributed by atoms with van der Waals surface area (Å²) in [7, 11) is 0. The number of carbonyl (C=O) groups excluding carboxylic acids is 1. The van der Waals surface area contributed by atoms with Crippen LogP contribution in [-0.4, -0.2) is 5.91 Å². The summed E-state index contributed by atoms with van der Waals surface area (Å²) < 4.78 is 0. The van der Waals surface area contributed by atoms with E-state index in [-0.39, 0.29) is 5.91 Å². The van der Waals surface area contributed by atoms with Crippen molar-refractivity contribution in [2.45, 2.75) is 27.2 Å². The Morgan fingerprint density at radius 2 is 1.90 bits per heavy atom. The van der Waals surface area contributed by atoms with Crippen LogP contribution in [0.3, 0.4) is 0 Å². The van der Waals surface area contributed by atoms with E-state index in [0.717, 1.165) is 28.8 Å². The van der Waals surface area contributed by atoms with Gasteiger partial charge in [0.1, 0.15) is 0 Å². The molecule has 0 fully saturated rings. The first-order chi connectivity index (χ1) is 10.1. The van der Waals surface area contributed by atoms with Crippen LogP contribution in [0.25, 0.3) is 6.08 Å². The standard InChI is InChI=1S/C19H21NO/c1-4-17-10-6-8-15(3)19(17)20-18(21)12-11-16-9-5-7-14(2)13-16/h5-13H,4H2,1-3H3,(H,20,21)/b12-11+. The SMILES string of the molecule is CCc1cccc(C)c1NC(=O)/C=C/c1cccc(C)c1. The van der Waals surface area contributed by atoms with Crippen LogP contribution in [0.5, 0.6) is 0 Å². The zero-order valence-corrected chi connectivity index (χ0v) is 12.8. The number of carbonyl (C=O) groups is 1. The molecule has 2 aromatic carbocycles. The second-order valence-electron chi connectivity index (χ2n) is 5.20. The normalized spacial score (nSPS) is 10.8. The van der Waals surface area contributed by atoms with Gasteiger partial charge in [-0.25, -0.2) is 0 Å². The lowest BCUT2D eigenvalue weighted by Gasteiger charge is -2.11. The lowest BCUT2D eigenvalue weighted by molar-refractivity contribution is -0.111. The monoisotopic (exact) mass is 279 g/mol. The number of amides is 1. The number of rotatable bonds is 4. The molecule has 0 unspecified atom stereocenters. The smallest absolute Gasteiger partial charge is 0.248 e. The summed E-state index contributed by atoms with van der Waals surface area (Å²) >= 11 is 0. The third-order valence-electron chi connectivity index (χ3n) is 3.46. The van der Waals surface area contributed by atoms with Crippen molar-refractivity contribution in [3.05, 3.63) is 70.8 Å². The van der Waals surface area contributed by atoms with Crippen LogP contribution in [0.15, 0.2) is 48.5 Å². The Morgan fingerprint density at radius 1 is 1.14 bits per heavy atom. The van der Waals surface area contributed by atoms with Gasteiger partial charge in [-0.05, 0) is 43.0 Å². The fourth-order valence-electron chi connectivity index (χ4n) is 2.31. The summed E-state index contributed by atoms with van der Waals surface area (Å²) in [6.07, 6.45) is 4.33. The molecule has 1 amide bonds. The average molecular weight is 279 g/mol. The molecule has 2 nitrogen and oxygen atoms in total. The molecule has 0 aromatic heterocycles. The van der Waals surface area contributed by atoms with Gasteiger partial charge in [-0.1, -0.05) is 55.0 Å². The quantitative estimate of drug-likeness (QED) is 0.819. The van der Waals surface area contributed by atoms with E-state index in [4.69, 9.17) is 0 Å². The van der Waals surface area contributed by atoms with Gasteiger partial charge >= 0.3 is 0 Å². The molecule has 0 aliphatic carbocycles. The summed E-state index contributed by atoms with van der Waals surface area (Å²) in [6.45, 7) is 6.14. The number of hydrogen-bond donors (Lipinski definition) is 1. The van der Waals surface area contributed by atoms with Crippen LogP contribution in [0.1, 0.15) is 29.2 Å². The van der Waals surface area contributed by atoms with E-state index < -0.39 is 0 Å². The van der Waals surface area contributed by atoms with Crippen molar-refractivity contribution in [3.63, 3.8) is 0 Å². The Morgan fingerprint density at radius 3 is 2.62 bits per heavy atom. The van der Waals surface area contributed by atoms with E-state index in [1.165, 1.54) is 5.56 Å². The average Bonchev–Trinajstić information content (AvgIpc) is 2.47. The number of para-hydroxylation sites is 1. The fraction of sp³-hybridized carbons (Fsp3) is 0.211. The van der Waals surface area contributed by atoms with Gasteiger partial charge in [-0.3, -0.25) is 4.79 Å². The Kier molecular flexibility index (Phi) is 4.94. The van der Waals surface area contributed by atoms with Crippen molar-refractivity contribution in [2.75, 3.05) is 5.32 Å². The fourth-order valence-corrected chi connectivity index (χ4v) is 2.31. The molecule has 0 spiro atoms. The van der Waals surface area contributed by atoms with Crippen molar-refractivity contribution in [2.24, 2.45) is 0 Å². The number of anilines is 1. The molecule has 0 aliphatic rings. The highest BCUT2D eigenvalue weighted by atomic mass is 16.1. The summed E-state index contributed by atoms with van der Waals surface area (Å²) in [4.78, 5) is 12.1. The third kappa shape index (κ3) is 4.06. The van der Waals surface area contributed by atoms with Gasteiger partial charge in [0.05, 0.1) is 0 Å². The van der Waals surface area contributed by atoms with E-state index in [1.54, 1.807) is 6.08 Å².